The highest BCUT2D eigenvalue weighted by molar-refractivity contribution is 5.86. The molecule has 0 bridgehead atoms. The lowest BCUT2D eigenvalue weighted by Gasteiger charge is -2.30. The van der Waals surface area contributed by atoms with E-state index in [1.807, 2.05) is 42.5 Å². The van der Waals surface area contributed by atoms with Gasteiger partial charge in [-0.05, 0) is 37.7 Å². The molecule has 1 aliphatic carbocycles. The Labute approximate surface area is 207 Å². The van der Waals surface area contributed by atoms with Gasteiger partial charge in [0.2, 0.25) is 11.8 Å². The van der Waals surface area contributed by atoms with Gasteiger partial charge in [-0.1, -0.05) is 55.3 Å². The summed E-state index contributed by atoms with van der Waals surface area (Å²) in [6, 6.07) is 8.67. The van der Waals surface area contributed by atoms with Crippen LogP contribution < -0.4 is 10.6 Å². The molecule has 0 saturated heterocycles. The number of aliphatic hydroxyl groups excluding tert-OH is 1. The number of hydrogen-bond acceptors (Lipinski definition) is 6. The summed E-state index contributed by atoms with van der Waals surface area (Å²) in [4.78, 5) is 38.9. The van der Waals surface area contributed by atoms with Crippen molar-refractivity contribution in [1.82, 2.24) is 10.6 Å². The number of ether oxygens (including phenoxy) is 2. The van der Waals surface area contributed by atoms with Crippen LogP contribution in [0.25, 0.3) is 0 Å². The molecule has 1 fully saturated rings. The molecule has 3 atom stereocenters. The summed E-state index contributed by atoms with van der Waals surface area (Å²) in [5.41, 5.74) is 0.175. The highest BCUT2D eigenvalue weighted by atomic mass is 16.5. The zero-order valence-electron chi connectivity index (χ0n) is 20.5. The van der Waals surface area contributed by atoms with Gasteiger partial charge in [-0.2, -0.15) is 0 Å². The lowest BCUT2D eigenvalue weighted by atomic mass is 9.94. The summed E-state index contributed by atoms with van der Waals surface area (Å²) < 4.78 is 11.2. The Hall–Kier alpha value is -2.71. The molecule has 35 heavy (non-hydrogen) atoms. The number of esters is 1. The fourth-order valence-corrected chi connectivity index (χ4v) is 4.88. The molecule has 2 aliphatic rings. The minimum Gasteiger partial charge on any atom is -0.455 e. The monoisotopic (exact) mass is 486 g/mol. The van der Waals surface area contributed by atoms with Crippen LogP contribution in [0.2, 0.25) is 0 Å². The van der Waals surface area contributed by atoms with Crippen molar-refractivity contribution in [2.45, 2.75) is 75.5 Å². The molecule has 0 spiro atoms. The van der Waals surface area contributed by atoms with Crippen molar-refractivity contribution >= 4 is 17.8 Å². The average Bonchev–Trinajstić information content (AvgIpc) is 3.32. The van der Waals surface area contributed by atoms with Crippen LogP contribution in [0.4, 0.5) is 0 Å². The van der Waals surface area contributed by atoms with Gasteiger partial charge in [-0.3, -0.25) is 14.4 Å². The molecule has 1 aromatic rings. The number of carbonyl (C=O) groups is 3. The van der Waals surface area contributed by atoms with Crippen molar-refractivity contribution in [1.29, 1.82) is 0 Å². The number of allylic oxidation sites excluding steroid dienone is 2. The highest BCUT2D eigenvalue weighted by Crippen LogP contribution is 2.30. The number of hydrogen-bond donors (Lipinski definition) is 3. The summed E-state index contributed by atoms with van der Waals surface area (Å²) in [5.74, 6) is -1.47. The van der Waals surface area contributed by atoms with Gasteiger partial charge >= 0.3 is 5.97 Å². The molecule has 2 amide bonds. The normalized spacial score (nSPS) is 25.5. The first-order valence-electron chi connectivity index (χ1n) is 12.6. The third-order valence-electron chi connectivity index (χ3n) is 6.84. The fourth-order valence-electron chi connectivity index (χ4n) is 4.88. The Morgan fingerprint density at radius 2 is 1.91 bits per heavy atom. The standard InChI is InChI=1S/C27H38N2O6/c1-34-18-22-25(20-11-6-4-7-12-20)35-24(32)14-8-3-2-5-13-21(26(33)28-22)17-23(31)29-27(19-30)15-9-10-16-27/h2,4-7,11-12,21-22,25,30H,3,8-10,13-19H2,1H3,(H,28,33)(H,29,31)/t21-,22+,25+/m1/s1. The molecule has 3 rings (SSSR count). The molecule has 192 valence electrons. The molecule has 1 saturated carbocycles. The quantitative estimate of drug-likeness (QED) is 0.403. The summed E-state index contributed by atoms with van der Waals surface area (Å²) in [7, 11) is 1.53. The van der Waals surface area contributed by atoms with Gasteiger partial charge in [0.1, 0.15) is 6.10 Å². The van der Waals surface area contributed by atoms with E-state index in [0.29, 0.717) is 19.3 Å². The highest BCUT2D eigenvalue weighted by Gasteiger charge is 2.36. The van der Waals surface area contributed by atoms with Crippen molar-refractivity contribution in [3.63, 3.8) is 0 Å². The predicted molar refractivity (Wildman–Crippen MR) is 131 cm³/mol. The number of benzene rings is 1. The van der Waals surface area contributed by atoms with Gasteiger partial charge in [0.25, 0.3) is 0 Å². The summed E-state index contributed by atoms with van der Waals surface area (Å²) in [5, 5.41) is 15.8. The van der Waals surface area contributed by atoms with Crippen molar-refractivity contribution in [3.05, 3.63) is 48.0 Å². The molecule has 8 nitrogen and oxygen atoms in total. The van der Waals surface area contributed by atoms with E-state index in [-0.39, 0.29) is 43.8 Å². The van der Waals surface area contributed by atoms with Crippen LogP contribution in [0.1, 0.15) is 69.5 Å². The molecule has 8 heteroatoms. The van der Waals surface area contributed by atoms with E-state index < -0.39 is 23.6 Å². The van der Waals surface area contributed by atoms with Gasteiger partial charge < -0.3 is 25.2 Å². The van der Waals surface area contributed by atoms with Crippen molar-refractivity contribution in [2.24, 2.45) is 5.92 Å². The Kier molecular flexibility index (Phi) is 10.3. The largest absolute Gasteiger partial charge is 0.455 e. The van der Waals surface area contributed by atoms with E-state index in [1.165, 1.54) is 7.11 Å². The number of methoxy groups -OCH3 is 1. The average molecular weight is 487 g/mol. The number of cyclic esters (lactones) is 1. The number of nitrogens with one attached hydrogen (secondary N) is 2. The van der Waals surface area contributed by atoms with E-state index in [9.17, 15) is 19.5 Å². The Morgan fingerprint density at radius 3 is 2.60 bits per heavy atom. The Bertz CT molecular complexity index is 866. The van der Waals surface area contributed by atoms with Crippen LogP contribution in [-0.2, 0) is 23.9 Å². The number of carbonyl (C=O) groups excluding carboxylic acids is 3. The lowest BCUT2D eigenvalue weighted by Crippen LogP contribution is -2.51. The molecule has 0 unspecified atom stereocenters. The van der Waals surface area contributed by atoms with Gasteiger partial charge in [0, 0.05) is 20.0 Å². The second-order valence-corrected chi connectivity index (χ2v) is 9.59. The van der Waals surface area contributed by atoms with Crippen molar-refractivity contribution < 1.29 is 29.0 Å². The third-order valence-corrected chi connectivity index (χ3v) is 6.84. The third kappa shape index (κ3) is 7.90. The maximum absolute atomic E-state index is 13.4. The van der Waals surface area contributed by atoms with Gasteiger partial charge in [0.15, 0.2) is 0 Å². The first-order chi connectivity index (χ1) is 17.0. The van der Waals surface area contributed by atoms with E-state index in [4.69, 9.17) is 9.47 Å². The van der Waals surface area contributed by atoms with Crippen LogP contribution >= 0.6 is 0 Å². The SMILES string of the molecule is COC[C@@H]1NC(=O)[C@@H](CC(=O)NC2(CO)CCCC2)CC=CCCCC(=O)O[C@H]1c1ccccc1. The smallest absolute Gasteiger partial charge is 0.306 e. The minimum absolute atomic E-state index is 0.00736. The topological polar surface area (TPSA) is 114 Å². The molecule has 3 N–H and O–H groups in total. The first-order valence-corrected chi connectivity index (χ1v) is 12.6. The molecule has 0 radical (unpaired) electrons. The lowest BCUT2D eigenvalue weighted by molar-refractivity contribution is -0.153. The van der Waals surface area contributed by atoms with Gasteiger partial charge in [-0.15, -0.1) is 0 Å². The van der Waals surface area contributed by atoms with Gasteiger partial charge in [-0.25, -0.2) is 0 Å². The van der Waals surface area contributed by atoms with E-state index >= 15 is 0 Å². The minimum atomic E-state index is -0.716. The summed E-state index contributed by atoms with van der Waals surface area (Å²) in [6.45, 7) is 0.0382. The predicted octanol–water partition coefficient (Wildman–Crippen LogP) is 2.96. The number of aliphatic hydroxyl groups is 1. The second kappa shape index (κ2) is 13.4. The van der Waals surface area contributed by atoms with Crippen molar-refractivity contribution in [3.8, 4) is 0 Å². The molecule has 1 heterocycles. The maximum Gasteiger partial charge on any atom is 0.306 e. The van der Waals surface area contributed by atoms with E-state index in [1.54, 1.807) is 0 Å². The fraction of sp³-hybridized carbons (Fsp3) is 0.593. The molecule has 0 aromatic heterocycles. The maximum atomic E-state index is 13.4. The van der Waals surface area contributed by atoms with Gasteiger partial charge in [0.05, 0.1) is 30.7 Å². The zero-order valence-corrected chi connectivity index (χ0v) is 20.5. The number of amides is 2. The van der Waals surface area contributed by atoms with Crippen molar-refractivity contribution in [2.75, 3.05) is 20.3 Å². The summed E-state index contributed by atoms with van der Waals surface area (Å²) >= 11 is 0. The van der Waals surface area contributed by atoms with E-state index in [2.05, 4.69) is 10.6 Å². The molecular weight excluding hydrogens is 448 g/mol. The first kappa shape index (κ1) is 26.9. The molecule has 1 aliphatic heterocycles. The van der Waals surface area contributed by atoms with Crippen LogP contribution in [-0.4, -0.2) is 54.8 Å². The Morgan fingerprint density at radius 1 is 1.17 bits per heavy atom. The zero-order chi connectivity index (χ0) is 25.1. The number of rotatable bonds is 7. The molecular formula is C27H38N2O6. The van der Waals surface area contributed by atoms with E-state index in [0.717, 1.165) is 31.2 Å². The van der Waals surface area contributed by atoms with Crippen LogP contribution in [0.15, 0.2) is 42.5 Å². The van der Waals surface area contributed by atoms with Crippen LogP contribution in [0.5, 0.6) is 0 Å². The van der Waals surface area contributed by atoms with Crippen LogP contribution in [0.3, 0.4) is 0 Å². The second-order valence-electron chi connectivity index (χ2n) is 9.59. The summed E-state index contributed by atoms with van der Waals surface area (Å²) in [6.07, 6.45) is 8.54. The Balaban J connectivity index is 1.80. The molecule has 1 aromatic carbocycles. The van der Waals surface area contributed by atoms with Crippen LogP contribution in [0, 0.1) is 5.92 Å².